The summed E-state index contributed by atoms with van der Waals surface area (Å²) in [5.74, 6) is 1.07. The SMILES string of the molecule is CCN(CCNC(=NC)NCc1ccc(CN2CCCC2=O)cc1)c1cccc(C)c1. The van der Waals surface area contributed by atoms with Gasteiger partial charge >= 0.3 is 0 Å². The quantitative estimate of drug-likeness (QED) is 0.482. The van der Waals surface area contributed by atoms with E-state index in [2.05, 4.69) is 82.9 Å². The van der Waals surface area contributed by atoms with E-state index in [1.807, 2.05) is 4.90 Å². The number of rotatable bonds is 9. The Balaban J connectivity index is 1.43. The highest BCUT2D eigenvalue weighted by Crippen LogP contribution is 2.16. The van der Waals surface area contributed by atoms with Crippen LogP contribution in [0.25, 0.3) is 0 Å². The van der Waals surface area contributed by atoms with Gasteiger partial charge in [-0.3, -0.25) is 9.79 Å². The molecule has 0 spiro atoms. The van der Waals surface area contributed by atoms with Gasteiger partial charge in [0, 0.05) is 58.4 Å². The second-order valence-electron chi connectivity index (χ2n) is 8.01. The van der Waals surface area contributed by atoms with Crippen molar-refractivity contribution in [3.8, 4) is 0 Å². The summed E-state index contributed by atoms with van der Waals surface area (Å²) in [5, 5.41) is 6.79. The Morgan fingerprint density at radius 2 is 1.90 bits per heavy atom. The molecule has 0 bridgehead atoms. The van der Waals surface area contributed by atoms with Gasteiger partial charge in [-0.05, 0) is 49.1 Å². The topological polar surface area (TPSA) is 60.0 Å². The lowest BCUT2D eigenvalue weighted by atomic mass is 10.1. The van der Waals surface area contributed by atoms with Crippen LogP contribution < -0.4 is 15.5 Å². The van der Waals surface area contributed by atoms with E-state index in [1.54, 1.807) is 7.05 Å². The molecular weight excluding hydrogens is 386 g/mol. The summed E-state index contributed by atoms with van der Waals surface area (Å²) in [6.07, 6.45) is 1.67. The first-order valence-corrected chi connectivity index (χ1v) is 11.2. The molecule has 2 N–H and O–H groups in total. The summed E-state index contributed by atoms with van der Waals surface area (Å²) in [4.78, 5) is 20.4. The van der Waals surface area contributed by atoms with Gasteiger partial charge in [0.25, 0.3) is 0 Å². The maximum absolute atomic E-state index is 11.8. The Kier molecular flexibility index (Phi) is 8.33. The summed E-state index contributed by atoms with van der Waals surface area (Å²) in [7, 11) is 1.80. The molecule has 166 valence electrons. The molecule has 1 saturated heterocycles. The first-order valence-electron chi connectivity index (χ1n) is 11.2. The first-order chi connectivity index (χ1) is 15.1. The summed E-state index contributed by atoms with van der Waals surface area (Å²) in [6.45, 7) is 9.28. The molecule has 0 unspecified atom stereocenters. The number of benzene rings is 2. The number of likely N-dealkylation sites (tertiary alicyclic amines) is 1. The number of aryl methyl sites for hydroxylation is 1. The molecule has 0 radical (unpaired) electrons. The zero-order valence-electron chi connectivity index (χ0n) is 19.0. The molecule has 1 heterocycles. The monoisotopic (exact) mass is 421 g/mol. The standard InChI is InChI=1S/C25H35N5O/c1-4-29(23-8-5-7-20(2)17-23)16-14-27-25(26-3)28-18-21-10-12-22(13-11-21)19-30-15-6-9-24(30)31/h5,7-8,10-13,17H,4,6,9,14-16,18-19H2,1-3H3,(H2,26,27,28). The van der Waals surface area contributed by atoms with Gasteiger partial charge in [-0.15, -0.1) is 0 Å². The Morgan fingerprint density at radius 1 is 1.13 bits per heavy atom. The highest BCUT2D eigenvalue weighted by molar-refractivity contribution is 5.79. The molecule has 1 fully saturated rings. The van der Waals surface area contributed by atoms with E-state index in [-0.39, 0.29) is 5.91 Å². The number of likely N-dealkylation sites (N-methyl/N-ethyl adjacent to an activating group) is 1. The fraction of sp³-hybridized carbons (Fsp3) is 0.440. The number of carbonyl (C=O) groups excluding carboxylic acids is 1. The second-order valence-corrected chi connectivity index (χ2v) is 8.01. The zero-order valence-corrected chi connectivity index (χ0v) is 19.0. The van der Waals surface area contributed by atoms with Crippen molar-refractivity contribution < 1.29 is 4.79 Å². The average molecular weight is 422 g/mol. The van der Waals surface area contributed by atoms with Crippen molar-refractivity contribution in [1.82, 2.24) is 15.5 Å². The van der Waals surface area contributed by atoms with Crippen LogP contribution in [0.5, 0.6) is 0 Å². The lowest BCUT2D eigenvalue weighted by Gasteiger charge is -2.24. The Labute approximate surface area is 186 Å². The number of hydrogen-bond donors (Lipinski definition) is 2. The predicted octanol–water partition coefficient (Wildman–Crippen LogP) is 3.31. The van der Waals surface area contributed by atoms with Crippen molar-refractivity contribution in [1.29, 1.82) is 0 Å². The fourth-order valence-corrected chi connectivity index (χ4v) is 3.86. The van der Waals surface area contributed by atoms with Crippen LogP contribution >= 0.6 is 0 Å². The smallest absolute Gasteiger partial charge is 0.222 e. The molecule has 2 aromatic carbocycles. The van der Waals surface area contributed by atoms with Crippen LogP contribution in [-0.2, 0) is 17.9 Å². The number of hydrogen-bond acceptors (Lipinski definition) is 3. The highest BCUT2D eigenvalue weighted by Gasteiger charge is 2.19. The molecule has 0 aromatic heterocycles. The third kappa shape index (κ3) is 6.74. The molecule has 0 saturated carbocycles. The summed E-state index contributed by atoms with van der Waals surface area (Å²) >= 11 is 0. The third-order valence-electron chi connectivity index (χ3n) is 5.67. The van der Waals surface area contributed by atoms with Crippen molar-refractivity contribution in [3.05, 3.63) is 65.2 Å². The van der Waals surface area contributed by atoms with Crippen molar-refractivity contribution in [2.24, 2.45) is 4.99 Å². The van der Waals surface area contributed by atoms with Gasteiger partial charge in [-0.25, -0.2) is 0 Å². The fourth-order valence-electron chi connectivity index (χ4n) is 3.86. The summed E-state index contributed by atoms with van der Waals surface area (Å²) in [5.41, 5.74) is 4.90. The minimum absolute atomic E-state index is 0.268. The lowest BCUT2D eigenvalue weighted by molar-refractivity contribution is -0.128. The maximum atomic E-state index is 11.8. The lowest BCUT2D eigenvalue weighted by Crippen LogP contribution is -2.41. The molecule has 3 rings (SSSR count). The molecule has 31 heavy (non-hydrogen) atoms. The van der Waals surface area contributed by atoms with Crippen molar-refractivity contribution in [3.63, 3.8) is 0 Å². The minimum Gasteiger partial charge on any atom is -0.370 e. The van der Waals surface area contributed by atoms with Crippen molar-refractivity contribution in [2.75, 3.05) is 38.1 Å². The van der Waals surface area contributed by atoms with Crippen LogP contribution in [0.1, 0.15) is 36.5 Å². The minimum atomic E-state index is 0.268. The number of nitrogens with one attached hydrogen (secondary N) is 2. The van der Waals surface area contributed by atoms with E-state index in [9.17, 15) is 4.79 Å². The predicted molar refractivity (Wildman–Crippen MR) is 128 cm³/mol. The number of aliphatic imine (C=N–C) groups is 1. The van der Waals surface area contributed by atoms with Crippen molar-refractivity contribution in [2.45, 2.75) is 39.8 Å². The van der Waals surface area contributed by atoms with E-state index in [1.165, 1.54) is 22.4 Å². The van der Waals surface area contributed by atoms with E-state index < -0.39 is 0 Å². The van der Waals surface area contributed by atoms with Crippen LogP contribution in [0.15, 0.2) is 53.5 Å². The number of anilines is 1. The van der Waals surface area contributed by atoms with E-state index in [4.69, 9.17) is 0 Å². The summed E-state index contributed by atoms with van der Waals surface area (Å²) < 4.78 is 0. The van der Waals surface area contributed by atoms with Gasteiger partial charge in [0.05, 0.1) is 0 Å². The third-order valence-corrected chi connectivity index (χ3v) is 5.67. The van der Waals surface area contributed by atoms with Gasteiger partial charge in [-0.2, -0.15) is 0 Å². The Hall–Kier alpha value is -3.02. The second kappa shape index (κ2) is 11.4. The molecule has 1 amide bonds. The summed E-state index contributed by atoms with van der Waals surface area (Å²) in [6, 6.07) is 17.1. The highest BCUT2D eigenvalue weighted by atomic mass is 16.2. The number of amides is 1. The molecular formula is C25H35N5O. The number of nitrogens with zero attached hydrogens (tertiary/aromatic N) is 3. The van der Waals surface area contributed by atoms with Crippen molar-refractivity contribution >= 4 is 17.6 Å². The van der Waals surface area contributed by atoms with E-state index >= 15 is 0 Å². The molecule has 6 nitrogen and oxygen atoms in total. The van der Waals surface area contributed by atoms with E-state index in [0.29, 0.717) is 19.5 Å². The van der Waals surface area contributed by atoms with Gasteiger partial charge in [-0.1, -0.05) is 36.4 Å². The Morgan fingerprint density at radius 3 is 2.55 bits per heavy atom. The molecule has 6 heteroatoms. The molecule has 0 aliphatic carbocycles. The van der Waals surface area contributed by atoms with Crippen LogP contribution in [-0.4, -0.2) is 50.0 Å². The van der Waals surface area contributed by atoms with Gasteiger partial charge in [0.1, 0.15) is 0 Å². The first kappa shape index (κ1) is 22.7. The average Bonchev–Trinajstić information content (AvgIpc) is 3.18. The Bertz CT molecular complexity index is 878. The van der Waals surface area contributed by atoms with Gasteiger partial charge < -0.3 is 20.4 Å². The largest absolute Gasteiger partial charge is 0.370 e. The maximum Gasteiger partial charge on any atom is 0.222 e. The van der Waals surface area contributed by atoms with Crippen LogP contribution in [0.4, 0.5) is 5.69 Å². The van der Waals surface area contributed by atoms with Crippen LogP contribution in [0.2, 0.25) is 0 Å². The zero-order chi connectivity index (χ0) is 22.1. The van der Waals surface area contributed by atoms with Gasteiger partial charge in [0.2, 0.25) is 5.91 Å². The molecule has 2 aromatic rings. The van der Waals surface area contributed by atoms with Gasteiger partial charge in [0.15, 0.2) is 5.96 Å². The van der Waals surface area contributed by atoms with E-state index in [0.717, 1.165) is 38.6 Å². The van der Waals surface area contributed by atoms with Crippen LogP contribution in [0.3, 0.4) is 0 Å². The normalized spacial score (nSPS) is 14.1. The molecule has 1 aliphatic rings. The molecule has 0 atom stereocenters. The number of carbonyl (C=O) groups is 1. The number of guanidine groups is 1. The molecule has 1 aliphatic heterocycles. The van der Waals surface area contributed by atoms with Crippen LogP contribution in [0, 0.1) is 6.92 Å².